The lowest BCUT2D eigenvalue weighted by molar-refractivity contribution is -0.124. The zero-order valence-electron chi connectivity index (χ0n) is 18.1. The fourth-order valence-electron chi connectivity index (χ4n) is 3.76. The molecule has 177 valence electrons. The van der Waals surface area contributed by atoms with E-state index in [0.717, 1.165) is 30.2 Å². The quantitative estimate of drug-likeness (QED) is 0.476. The maximum absolute atomic E-state index is 13.5. The number of benzene rings is 1. The molecule has 1 aromatic rings. The van der Waals surface area contributed by atoms with Crippen LogP contribution in [0.5, 0.6) is 5.75 Å². The molecule has 0 saturated carbocycles. The average Bonchev–Trinajstić information content (AvgIpc) is 3.28. The normalized spacial score (nSPS) is 20.6. The van der Waals surface area contributed by atoms with Crippen LogP contribution < -0.4 is 21.1 Å². The van der Waals surface area contributed by atoms with Crippen molar-refractivity contribution in [1.29, 1.82) is 0 Å². The van der Waals surface area contributed by atoms with Gasteiger partial charge in [-0.2, -0.15) is 0 Å². The molecule has 0 unspecified atom stereocenters. The van der Waals surface area contributed by atoms with Gasteiger partial charge in [-0.05, 0) is 63.5 Å². The lowest BCUT2D eigenvalue weighted by atomic mass is 10.0. The summed E-state index contributed by atoms with van der Waals surface area (Å²) in [6.45, 7) is 4.25. The van der Waals surface area contributed by atoms with E-state index in [1.54, 1.807) is 6.92 Å². The minimum atomic E-state index is -4.18. The Morgan fingerprint density at radius 1 is 1.25 bits per heavy atom. The Kier molecular flexibility index (Phi) is 8.37. The second-order valence-electron chi connectivity index (χ2n) is 8.19. The van der Waals surface area contributed by atoms with E-state index in [-0.39, 0.29) is 22.4 Å². The van der Waals surface area contributed by atoms with Gasteiger partial charge in [-0.1, -0.05) is 18.5 Å². The maximum Gasteiger partial charge on any atom is 0.266 e. The van der Waals surface area contributed by atoms with Gasteiger partial charge < -0.3 is 21.1 Å². The number of nitrogens with zero attached hydrogens (tertiary/aromatic N) is 1. The number of sulfonamides is 1. The Morgan fingerprint density at radius 3 is 2.53 bits per heavy atom. The third-order valence-electron chi connectivity index (χ3n) is 5.75. The number of nitrogens with one attached hydrogen (secondary N) is 2. The van der Waals surface area contributed by atoms with Crippen molar-refractivity contribution in [3.8, 4) is 5.75 Å². The van der Waals surface area contributed by atoms with Crippen molar-refractivity contribution in [2.75, 3.05) is 26.2 Å². The van der Waals surface area contributed by atoms with Crippen molar-refractivity contribution in [2.24, 2.45) is 11.7 Å². The monoisotopic (exact) mass is 485 g/mol. The Morgan fingerprint density at radius 2 is 1.94 bits per heavy atom. The molecule has 1 radical (unpaired) electrons. The first-order valence-corrected chi connectivity index (χ1v) is 12.6. The van der Waals surface area contributed by atoms with Crippen molar-refractivity contribution in [1.82, 2.24) is 14.9 Å². The predicted octanol–water partition coefficient (Wildman–Crippen LogP) is 1.07. The fourth-order valence-corrected chi connectivity index (χ4v) is 5.67. The van der Waals surface area contributed by atoms with Gasteiger partial charge in [0.15, 0.2) is 0 Å². The highest BCUT2D eigenvalue weighted by Gasteiger charge is 2.37. The van der Waals surface area contributed by atoms with Gasteiger partial charge in [-0.15, -0.1) is 0 Å². The van der Waals surface area contributed by atoms with Gasteiger partial charge in [-0.25, -0.2) is 12.7 Å². The van der Waals surface area contributed by atoms with Crippen LogP contribution in [0.25, 0.3) is 0 Å². The largest absolute Gasteiger partial charge is 0.489 e. The highest BCUT2D eigenvalue weighted by Crippen LogP contribution is 2.32. The van der Waals surface area contributed by atoms with E-state index in [9.17, 15) is 18.0 Å². The Hall–Kier alpha value is -1.88. The van der Waals surface area contributed by atoms with Crippen LogP contribution >= 0.6 is 11.6 Å². The molecule has 2 aliphatic heterocycles. The van der Waals surface area contributed by atoms with E-state index in [4.69, 9.17) is 22.1 Å². The first kappa shape index (κ1) is 24.8. The Labute approximate surface area is 194 Å². The fraction of sp³-hybridized carbons (Fsp3) is 0.571. The van der Waals surface area contributed by atoms with Gasteiger partial charge in [0.25, 0.3) is 10.0 Å². The van der Waals surface area contributed by atoms with Gasteiger partial charge in [0.05, 0.1) is 22.4 Å². The third-order valence-corrected chi connectivity index (χ3v) is 7.90. The van der Waals surface area contributed by atoms with Crippen LogP contribution in [0, 0.1) is 12.3 Å². The van der Waals surface area contributed by atoms with Crippen molar-refractivity contribution in [3.05, 3.63) is 29.6 Å². The third kappa shape index (κ3) is 5.92. The van der Waals surface area contributed by atoms with Crippen LogP contribution in [0.1, 0.15) is 32.6 Å². The zero-order valence-corrected chi connectivity index (χ0v) is 19.6. The van der Waals surface area contributed by atoms with Crippen molar-refractivity contribution in [2.45, 2.75) is 49.6 Å². The van der Waals surface area contributed by atoms with E-state index in [2.05, 4.69) is 10.6 Å². The lowest BCUT2D eigenvalue weighted by Crippen LogP contribution is -2.46. The summed E-state index contributed by atoms with van der Waals surface area (Å²) < 4.78 is 33.7. The molecule has 32 heavy (non-hydrogen) atoms. The Bertz CT molecular complexity index is 930. The number of hydrogen-bond acceptors (Lipinski definition) is 7. The summed E-state index contributed by atoms with van der Waals surface area (Å²) >= 11 is 6.36. The summed E-state index contributed by atoms with van der Waals surface area (Å²) in [6.07, 6.45) is 3.46. The molecule has 4 N–H and O–H groups in total. The summed E-state index contributed by atoms with van der Waals surface area (Å²) in [5, 5.41) is 6.51. The Balaban J connectivity index is 1.81. The molecule has 2 amide bonds. The highest BCUT2D eigenvalue weighted by atomic mass is 35.5. The van der Waals surface area contributed by atoms with Gasteiger partial charge in [0.2, 0.25) is 11.8 Å². The molecule has 0 aromatic heterocycles. The second kappa shape index (κ2) is 10.8. The number of carbonyl (C=O) groups excluding carboxylic acids is 2. The number of ether oxygens (including phenoxy) is 1. The van der Waals surface area contributed by atoms with Crippen LogP contribution in [-0.2, 0) is 19.6 Å². The molecule has 2 atom stereocenters. The number of primary amides is 1. The van der Waals surface area contributed by atoms with Crippen LogP contribution in [-0.4, -0.2) is 62.9 Å². The number of halogens is 1. The van der Waals surface area contributed by atoms with E-state index < -0.39 is 33.8 Å². The average molecular weight is 486 g/mol. The van der Waals surface area contributed by atoms with Gasteiger partial charge >= 0.3 is 0 Å². The molecule has 0 aliphatic carbocycles. The number of nitrogens with two attached hydrogens (primary N) is 1. The maximum atomic E-state index is 13.5. The smallest absolute Gasteiger partial charge is 0.266 e. The molecule has 3 rings (SSSR count). The van der Waals surface area contributed by atoms with E-state index in [1.807, 2.05) is 0 Å². The molecule has 2 fully saturated rings. The SMILES string of the molecule is C[C@@H](C[CH]C(=O)N([C@H]1CCNC1)S(=O)(=O)c1ccc(OC2CCNCC2)c(Cl)c1)C(N)=O. The summed E-state index contributed by atoms with van der Waals surface area (Å²) in [6, 6.07) is 3.73. The molecule has 0 spiro atoms. The van der Waals surface area contributed by atoms with Crippen molar-refractivity contribution >= 4 is 33.4 Å². The molecule has 1 aromatic carbocycles. The van der Waals surface area contributed by atoms with Gasteiger partial charge in [0, 0.05) is 12.5 Å². The molecule has 2 aliphatic rings. The number of rotatable bonds is 9. The minimum Gasteiger partial charge on any atom is -0.489 e. The number of amides is 2. The first-order valence-electron chi connectivity index (χ1n) is 10.8. The van der Waals surface area contributed by atoms with Crippen LogP contribution in [0.4, 0.5) is 0 Å². The standard InChI is InChI=1S/C21H30ClN4O5S/c1-14(21(23)28)2-5-20(27)26(15-6-9-25-13-15)32(29,30)17-3-4-19(18(22)12-17)31-16-7-10-24-11-8-16/h3-5,12,14-16,24-25H,2,6-11,13H2,1H3,(H2,23,28)/t14-,15-/m0/s1. The molecule has 2 heterocycles. The summed E-state index contributed by atoms with van der Waals surface area (Å²) in [4.78, 5) is 24.1. The second-order valence-corrected chi connectivity index (χ2v) is 10.4. The summed E-state index contributed by atoms with van der Waals surface area (Å²) in [5.74, 6) is -1.40. The first-order chi connectivity index (χ1) is 15.2. The number of hydrogen-bond donors (Lipinski definition) is 3. The molecule has 0 bridgehead atoms. The van der Waals surface area contributed by atoms with Crippen LogP contribution in [0.15, 0.2) is 23.1 Å². The van der Waals surface area contributed by atoms with Gasteiger partial charge in [0.1, 0.15) is 11.9 Å². The topological polar surface area (TPSA) is 131 Å². The molecular weight excluding hydrogens is 456 g/mol. The molecule has 9 nitrogen and oxygen atoms in total. The highest BCUT2D eigenvalue weighted by molar-refractivity contribution is 7.89. The lowest BCUT2D eigenvalue weighted by Gasteiger charge is -2.28. The molecular formula is C21H30ClN4O5S. The summed E-state index contributed by atoms with van der Waals surface area (Å²) in [5.41, 5.74) is 5.25. The minimum absolute atomic E-state index is 0.0145. The predicted molar refractivity (Wildman–Crippen MR) is 121 cm³/mol. The van der Waals surface area contributed by atoms with E-state index >= 15 is 0 Å². The zero-order chi connectivity index (χ0) is 23.3. The van der Waals surface area contributed by atoms with Crippen molar-refractivity contribution < 1.29 is 22.7 Å². The van der Waals surface area contributed by atoms with Gasteiger partial charge in [-0.3, -0.25) is 9.59 Å². The number of piperidine rings is 1. The van der Waals surface area contributed by atoms with E-state index in [0.29, 0.717) is 25.3 Å². The molecule has 2 saturated heterocycles. The summed E-state index contributed by atoms with van der Waals surface area (Å²) in [7, 11) is -4.18. The molecule has 11 heteroatoms. The van der Waals surface area contributed by atoms with Crippen molar-refractivity contribution in [3.63, 3.8) is 0 Å². The number of carbonyl (C=O) groups is 2. The van der Waals surface area contributed by atoms with E-state index in [1.165, 1.54) is 24.6 Å². The van der Waals surface area contributed by atoms with Crippen LogP contribution in [0.2, 0.25) is 5.02 Å². The van der Waals surface area contributed by atoms with Crippen LogP contribution in [0.3, 0.4) is 0 Å².